The van der Waals surface area contributed by atoms with Gasteiger partial charge in [0.25, 0.3) is 5.91 Å². The molecule has 3 nitrogen and oxygen atoms in total. The van der Waals surface area contributed by atoms with Crippen LogP contribution in [0.2, 0.25) is 0 Å². The number of carbonyl (C=O) groups excluding carboxylic acids is 1. The summed E-state index contributed by atoms with van der Waals surface area (Å²) in [6.07, 6.45) is 6.09. The fraction of sp³-hybridized carbons (Fsp3) is 0.526. The number of nitrogens with one attached hydrogen (secondary N) is 1. The highest BCUT2D eigenvalue weighted by molar-refractivity contribution is 7.19. The normalized spacial score (nSPS) is 28.0. The number of thiophene rings is 1. The Bertz CT molecular complexity index is 724. The molecular formula is C19H24N2OS. The van der Waals surface area contributed by atoms with Crippen LogP contribution >= 0.6 is 11.3 Å². The lowest BCUT2D eigenvalue weighted by Crippen LogP contribution is -2.55. The predicted molar refractivity (Wildman–Crippen MR) is 96.2 cm³/mol. The zero-order chi connectivity index (χ0) is 16.0. The molecule has 1 amide bonds. The lowest BCUT2D eigenvalue weighted by atomic mass is 9.82. The van der Waals surface area contributed by atoms with Crippen molar-refractivity contribution in [3.63, 3.8) is 0 Å². The number of carbonyl (C=O) groups is 1. The number of benzene rings is 1. The monoisotopic (exact) mass is 328 g/mol. The van der Waals surface area contributed by atoms with Gasteiger partial charge >= 0.3 is 0 Å². The fourth-order valence-electron chi connectivity index (χ4n) is 4.44. The molecule has 0 radical (unpaired) electrons. The summed E-state index contributed by atoms with van der Waals surface area (Å²) in [7, 11) is 2.25. The highest BCUT2D eigenvalue weighted by atomic mass is 32.1. The molecule has 0 aliphatic carbocycles. The molecule has 122 valence electrons. The Labute approximate surface area is 141 Å². The van der Waals surface area contributed by atoms with Crippen LogP contribution in [0.1, 0.15) is 47.3 Å². The Morgan fingerprint density at radius 3 is 2.65 bits per heavy atom. The number of nitrogens with zero attached hydrogens (tertiary/aromatic N) is 1. The average molecular weight is 328 g/mol. The molecule has 23 heavy (non-hydrogen) atoms. The van der Waals surface area contributed by atoms with Gasteiger partial charge in [-0.15, -0.1) is 11.3 Å². The second-order valence-corrected chi connectivity index (χ2v) is 8.33. The largest absolute Gasteiger partial charge is 0.349 e. The van der Waals surface area contributed by atoms with Crippen LogP contribution in [-0.2, 0) is 0 Å². The van der Waals surface area contributed by atoms with E-state index < -0.39 is 0 Å². The Hall–Kier alpha value is -1.39. The molecule has 1 N–H and O–H groups in total. The van der Waals surface area contributed by atoms with Crippen LogP contribution in [0, 0.1) is 6.92 Å². The maximum Gasteiger partial charge on any atom is 0.253 e. The molecule has 0 spiro atoms. The van der Waals surface area contributed by atoms with Crippen molar-refractivity contribution in [2.24, 2.45) is 0 Å². The number of rotatable bonds is 2. The molecule has 2 atom stereocenters. The zero-order valence-corrected chi connectivity index (χ0v) is 14.7. The van der Waals surface area contributed by atoms with E-state index in [-0.39, 0.29) is 5.91 Å². The Kier molecular flexibility index (Phi) is 3.90. The van der Waals surface area contributed by atoms with Crippen LogP contribution in [0.25, 0.3) is 10.1 Å². The molecule has 2 unspecified atom stereocenters. The quantitative estimate of drug-likeness (QED) is 0.905. The summed E-state index contributed by atoms with van der Waals surface area (Å²) in [5, 5.41) is 4.44. The zero-order valence-electron chi connectivity index (χ0n) is 13.8. The second-order valence-electron chi connectivity index (χ2n) is 7.08. The third-order valence-electron chi connectivity index (χ3n) is 5.67. The van der Waals surface area contributed by atoms with Crippen molar-refractivity contribution in [3.8, 4) is 0 Å². The molecule has 3 heterocycles. The molecule has 1 aromatic heterocycles. The summed E-state index contributed by atoms with van der Waals surface area (Å²) < 4.78 is 1.20. The van der Waals surface area contributed by atoms with E-state index in [1.54, 1.807) is 11.3 Å². The molecule has 2 aliphatic heterocycles. The van der Waals surface area contributed by atoms with Gasteiger partial charge < -0.3 is 10.2 Å². The van der Waals surface area contributed by atoms with Gasteiger partial charge in [0.1, 0.15) is 0 Å². The lowest BCUT2D eigenvalue weighted by Gasteiger charge is -2.47. The molecule has 4 heteroatoms. The van der Waals surface area contributed by atoms with E-state index in [4.69, 9.17) is 0 Å². The van der Waals surface area contributed by atoms with Crippen molar-refractivity contribution >= 4 is 27.3 Å². The summed E-state index contributed by atoms with van der Waals surface area (Å²) in [6, 6.07) is 9.85. The van der Waals surface area contributed by atoms with E-state index in [9.17, 15) is 4.79 Å². The fourth-order valence-corrected chi connectivity index (χ4v) is 5.50. The van der Waals surface area contributed by atoms with Gasteiger partial charge in [0, 0.05) is 33.1 Å². The van der Waals surface area contributed by atoms with Crippen molar-refractivity contribution in [1.29, 1.82) is 0 Å². The SMILES string of the molecule is Cc1sc2ccccc2c1C(=O)NC1CC2CCCC(C1)N2C. The van der Waals surface area contributed by atoms with Gasteiger partial charge in [-0.2, -0.15) is 0 Å². The van der Waals surface area contributed by atoms with Crippen molar-refractivity contribution in [3.05, 3.63) is 34.7 Å². The van der Waals surface area contributed by atoms with Gasteiger partial charge in [0.05, 0.1) is 5.56 Å². The van der Waals surface area contributed by atoms with Crippen molar-refractivity contribution < 1.29 is 4.79 Å². The predicted octanol–water partition coefficient (Wildman–Crippen LogP) is 3.95. The van der Waals surface area contributed by atoms with Crippen LogP contribution in [0.5, 0.6) is 0 Å². The van der Waals surface area contributed by atoms with Crippen LogP contribution < -0.4 is 5.32 Å². The molecule has 2 fully saturated rings. The molecule has 2 aromatic rings. The van der Waals surface area contributed by atoms with Crippen LogP contribution in [0.15, 0.2) is 24.3 Å². The minimum atomic E-state index is 0.118. The first-order valence-electron chi connectivity index (χ1n) is 8.64. The van der Waals surface area contributed by atoms with Crippen LogP contribution in [0.3, 0.4) is 0 Å². The molecule has 2 bridgehead atoms. The lowest BCUT2D eigenvalue weighted by molar-refractivity contribution is 0.0463. The maximum absolute atomic E-state index is 12.9. The highest BCUT2D eigenvalue weighted by Crippen LogP contribution is 2.34. The minimum absolute atomic E-state index is 0.118. The van der Waals surface area contributed by atoms with E-state index in [0.29, 0.717) is 18.1 Å². The number of fused-ring (bicyclic) bond motifs is 3. The number of amides is 1. The maximum atomic E-state index is 12.9. The van der Waals surface area contributed by atoms with E-state index in [2.05, 4.69) is 36.3 Å². The highest BCUT2D eigenvalue weighted by Gasteiger charge is 2.36. The van der Waals surface area contributed by atoms with Crippen molar-refractivity contribution in [2.75, 3.05) is 7.05 Å². The van der Waals surface area contributed by atoms with E-state index in [1.165, 1.54) is 24.0 Å². The summed E-state index contributed by atoms with van der Waals surface area (Å²) in [5.74, 6) is 0.118. The van der Waals surface area contributed by atoms with Gasteiger partial charge in [0.15, 0.2) is 0 Å². The van der Waals surface area contributed by atoms with Crippen molar-refractivity contribution in [2.45, 2.75) is 57.2 Å². The topological polar surface area (TPSA) is 32.3 Å². The van der Waals surface area contributed by atoms with Gasteiger partial charge in [-0.25, -0.2) is 0 Å². The Balaban J connectivity index is 1.55. The first kappa shape index (κ1) is 15.2. The summed E-state index contributed by atoms with van der Waals surface area (Å²) in [5.41, 5.74) is 0.884. The Morgan fingerprint density at radius 2 is 1.91 bits per heavy atom. The van der Waals surface area contributed by atoms with Crippen molar-refractivity contribution in [1.82, 2.24) is 10.2 Å². The molecular weight excluding hydrogens is 304 g/mol. The van der Waals surface area contributed by atoms with E-state index in [1.807, 2.05) is 12.1 Å². The molecule has 0 saturated carbocycles. The van der Waals surface area contributed by atoms with Gasteiger partial charge in [-0.05, 0) is 45.7 Å². The van der Waals surface area contributed by atoms with E-state index in [0.717, 1.165) is 28.7 Å². The minimum Gasteiger partial charge on any atom is -0.349 e. The molecule has 1 aromatic carbocycles. The number of piperidine rings is 2. The standard InChI is InChI=1S/C19H24N2OS/c1-12-18(16-8-3-4-9-17(16)23-12)19(22)20-13-10-14-6-5-7-15(11-13)21(14)2/h3-4,8-9,13-15H,5-7,10-11H2,1-2H3,(H,20,22). The van der Waals surface area contributed by atoms with Crippen LogP contribution in [0.4, 0.5) is 0 Å². The number of aryl methyl sites for hydroxylation is 1. The number of hydrogen-bond donors (Lipinski definition) is 1. The molecule has 2 saturated heterocycles. The first-order valence-corrected chi connectivity index (χ1v) is 9.46. The molecule has 4 rings (SSSR count). The van der Waals surface area contributed by atoms with Crippen LogP contribution in [-0.4, -0.2) is 36.0 Å². The Morgan fingerprint density at radius 1 is 1.22 bits per heavy atom. The van der Waals surface area contributed by atoms with E-state index >= 15 is 0 Å². The third-order valence-corrected chi connectivity index (χ3v) is 6.76. The summed E-state index contributed by atoms with van der Waals surface area (Å²) in [4.78, 5) is 16.6. The summed E-state index contributed by atoms with van der Waals surface area (Å²) >= 11 is 1.72. The first-order chi connectivity index (χ1) is 11.1. The smallest absolute Gasteiger partial charge is 0.253 e. The number of hydrogen-bond acceptors (Lipinski definition) is 3. The van der Waals surface area contributed by atoms with Gasteiger partial charge in [0.2, 0.25) is 0 Å². The van der Waals surface area contributed by atoms with Gasteiger partial charge in [-0.3, -0.25) is 4.79 Å². The molecule has 2 aliphatic rings. The third kappa shape index (κ3) is 2.68. The average Bonchev–Trinajstić information content (AvgIpc) is 2.84. The van der Waals surface area contributed by atoms with Gasteiger partial charge in [-0.1, -0.05) is 24.6 Å². The summed E-state index contributed by atoms with van der Waals surface area (Å²) in [6.45, 7) is 2.06. The second kappa shape index (κ2) is 5.91.